The Bertz CT molecular complexity index is 125. The molecule has 0 aliphatic heterocycles. The summed E-state index contributed by atoms with van der Waals surface area (Å²) in [5.74, 6) is 0. The predicted octanol–water partition coefficient (Wildman–Crippen LogP) is -0.0252. The minimum Gasteiger partial charge on any atom is -0.374 e. The molecule has 0 spiro atoms. The normalized spacial score (nSPS) is 11.8. The summed E-state index contributed by atoms with van der Waals surface area (Å²) in [4.78, 5) is 0. The number of aliphatic hydroxyl groups excluding tert-OH is 1. The van der Waals surface area contributed by atoms with Crippen LogP contribution in [0.15, 0.2) is 12.7 Å². The van der Waals surface area contributed by atoms with E-state index in [1.165, 1.54) is 0 Å². The van der Waals surface area contributed by atoms with Crippen LogP contribution in [0.1, 0.15) is 6.92 Å². The molecule has 0 heterocycles. The maximum Gasteiger partial charge on any atom is 0.168 e. The molecule has 10 heavy (non-hydrogen) atoms. The van der Waals surface area contributed by atoms with Crippen LogP contribution in [-0.2, 0) is 0 Å². The molecule has 0 aromatic carbocycles. The van der Waals surface area contributed by atoms with Gasteiger partial charge in [0.05, 0.1) is 0 Å². The summed E-state index contributed by atoms with van der Waals surface area (Å²) >= 11 is 4.77. The standard InChI is InChI=1S/C6H12N2OS/c1-3-4-7-6(10)8-5(2)9/h3,5,9H,1,4H2,2H3,(H2,7,8,10). The van der Waals surface area contributed by atoms with Gasteiger partial charge in [0.2, 0.25) is 0 Å². The third-order valence-electron chi connectivity index (χ3n) is 0.747. The van der Waals surface area contributed by atoms with Crippen molar-refractivity contribution >= 4 is 17.3 Å². The molecule has 3 nitrogen and oxygen atoms in total. The molecule has 1 atom stereocenters. The fourth-order valence-electron chi connectivity index (χ4n) is 0.406. The van der Waals surface area contributed by atoms with E-state index in [4.69, 9.17) is 17.3 Å². The number of aliphatic hydroxyl groups is 1. The van der Waals surface area contributed by atoms with Gasteiger partial charge in [-0.05, 0) is 19.1 Å². The maximum atomic E-state index is 8.76. The Labute approximate surface area is 66.1 Å². The highest BCUT2D eigenvalue weighted by Gasteiger charge is 1.95. The Kier molecular flexibility index (Phi) is 4.88. The number of hydrogen-bond acceptors (Lipinski definition) is 2. The zero-order valence-corrected chi connectivity index (χ0v) is 6.74. The van der Waals surface area contributed by atoms with Crippen molar-refractivity contribution in [2.24, 2.45) is 0 Å². The highest BCUT2D eigenvalue weighted by atomic mass is 32.1. The molecule has 0 radical (unpaired) electrons. The van der Waals surface area contributed by atoms with E-state index >= 15 is 0 Å². The summed E-state index contributed by atoms with van der Waals surface area (Å²) in [7, 11) is 0. The van der Waals surface area contributed by atoms with E-state index in [1.54, 1.807) is 13.0 Å². The topological polar surface area (TPSA) is 44.3 Å². The van der Waals surface area contributed by atoms with Crippen LogP contribution >= 0.6 is 12.2 Å². The Morgan fingerprint density at radius 2 is 2.50 bits per heavy atom. The summed E-state index contributed by atoms with van der Waals surface area (Å²) in [6, 6.07) is 0. The molecule has 4 heteroatoms. The van der Waals surface area contributed by atoms with E-state index < -0.39 is 6.23 Å². The molecule has 0 bridgehead atoms. The number of thiocarbonyl (C=S) groups is 1. The molecule has 3 N–H and O–H groups in total. The van der Waals surface area contributed by atoms with Crippen LogP contribution in [0.4, 0.5) is 0 Å². The zero-order valence-electron chi connectivity index (χ0n) is 5.92. The second-order valence-corrected chi connectivity index (χ2v) is 2.23. The number of hydrogen-bond donors (Lipinski definition) is 3. The summed E-state index contributed by atoms with van der Waals surface area (Å²) in [6.07, 6.45) is 1.08. The predicted molar refractivity (Wildman–Crippen MR) is 45.6 cm³/mol. The van der Waals surface area contributed by atoms with Crippen molar-refractivity contribution in [2.45, 2.75) is 13.2 Å². The number of nitrogens with one attached hydrogen (secondary N) is 2. The molecule has 0 aromatic rings. The molecule has 0 saturated heterocycles. The Balaban J connectivity index is 3.34. The minimum absolute atomic E-state index is 0.440. The van der Waals surface area contributed by atoms with Gasteiger partial charge in [-0.15, -0.1) is 6.58 Å². The lowest BCUT2D eigenvalue weighted by molar-refractivity contribution is 0.180. The molecule has 58 valence electrons. The van der Waals surface area contributed by atoms with E-state index in [-0.39, 0.29) is 0 Å². The summed E-state index contributed by atoms with van der Waals surface area (Å²) < 4.78 is 0. The van der Waals surface area contributed by atoms with E-state index in [0.717, 1.165) is 0 Å². The number of rotatable bonds is 3. The van der Waals surface area contributed by atoms with Gasteiger partial charge in [0.1, 0.15) is 6.23 Å². The smallest absolute Gasteiger partial charge is 0.168 e. The second-order valence-electron chi connectivity index (χ2n) is 1.82. The van der Waals surface area contributed by atoms with Crippen molar-refractivity contribution in [3.8, 4) is 0 Å². The highest BCUT2D eigenvalue weighted by molar-refractivity contribution is 7.80. The van der Waals surface area contributed by atoms with E-state index in [2.05, 4.69) is 17.2 Å². The first-order valence-corrected chi connectivity index (χ1v) is 3.41. The van der Waals surface area contributed by atoms with Crippen LogP contribution < -0.4 is 10.6 Å². The molecular weight excluding hydrogens is 148 g/mol. The molecule has 0 amide bonds. The van der Waals surface area contributed by atoms with Gasteiger partial charge in [-0.3, -0.25) is 0 Å². The van der Waals surface area contributed by atoms with Gasteiger partial charge in [-0.1, -0.05) is 6.08 Å². The Hall–Kier alpha value is -0.610. The van der Waals surface area contributed by atoms with Crippen LogP contribution in [0.2, 0.25) is 0 Å². The molecule has 1 unspecified atom stereocenters. The SMILES string of the molecule is C=CCNC(=S)NC(C)O. The fraction of sp³-hybridized carbons (Fsp3) is 0.500. The van der Waals surface area contributed by atoms with Crippen LogP contribution in [0, 0.1) is 0 Å². The van der Waals surface area contributed by atoms with E-state index in [9.17, 15) is 0 Å². The Morgan fingerprint density at radius 3 is 2.90 bits per heavy atom. The fourth-order valence-corrected chi connectivity index (χ4v) is 0.660. The van der Waals surface area contributed by atoms with E-state index in [1.807, 2.05) is 0 Å². The average Bonchev–Trinajstić information content (AvgIpc) is 1.82. The van der Waals surface area contributed by atoms with Gasteiger partial charge >= 0.3 is 0 Å². The van der Waals surface area contributed by atoms with Crippen LogP contribution in [0.25, 0.3) is 0 Å². The van der Waals surface area contributed by atoms with Crippen molar-refractivity contribution in [1.29, 1.82) is 0 Å². The molecule has 0 rings (SSSR count). The summed E-state index contributed by atoms with van der Waals surface area (Å²) in [5.41, 5.74) is 0. The molecule has 0 aliphatic rings. The largest absolute Gasteiger partial charge is 0.374 e. The highest BCUT2D eigenvalue weighted by Crippen LogP contribution is 1.72. The zero-order chi connectivity index (χ0) is 7.98. The van der Waals surface area contributed by atoms with Crippen molar-refractivity contribution < 1.29 is 5.11 Å². The van der Waals surface area contributed by atoms with Crippen LogP contribution in [-0.4, -0.2) is 23.0 Å². The van der Waals surface area contributed by atoms with Gasteiger partial charge in [0.25, 0.3) is 0 Å². The first kappa shape index (κ1) is 9.39. The molecular formula is C6H12N2OS. The minimum atomic E-state index is -0.607. The first-order valence-electron chi connectivity index (χ1n) is 3.00. The third-order valence-corrected chi connectivity index (χ3v) is 1.01. The lowest BCUT2D eigenvalue weighted by Gasteiger charge is -2.10. The lowest BCUT2D eigenvalue weighted by atomic mass is 10.6. The van der Waals surface area contributed by atoms with Crippen molar-refractivity contribution in [3.63, 3.8) is 0 Å². The van der Waals surface area contributed by atoms with Crippen LogP contribution in [0.5, 0.6) is 0 Å². The third kappa shape index (κ3) is 5.53. The molecule has 0 fully saturated rings. The van der Waals surface area contributed by atoms with Crippen molar-refractivity contribution in [3.05, 3.63) is 12.7 Å². The van der Waals surface area contributed by atoms with Crippen molar-refractivity contribution in [1.82, 2.24) is 10.6 Å². The second kappa shape index (κ2) is 5.20. The molecule has 0 saturated carbocycles. The van der Waals surface area contributed by atoms with E-state index in [0.29, 0.717) is 11.7 Å². The molecule has 0 aliphatic carbocycles. The first-order chi connectivity index (χ1) is 4.66. The van der Waals surface area contributed by atoms with Crippen molar-refractivity contribution in [2.75, 3.05) is 6.54 Å². The Morgan fingerprint density at radius 1 is 1.90 bits per heavy atom. The van der Waals surface area contributed by atoms with Gasteiger partial charge in [0.15, 0.2) is 5.11 Å². The average molecular weight is 160 g/mol. The van der Waals surface area contributed by atoms with Crippen LogP contribution in [0.3, 0.4) is 0 Å². The van der Waals surface area contributed by atoms with Gasteiger partial charge in [-0.25, -0.2) is 0 Å². The maximum absolute atomic E-state index is 8.76. The monoisotopic (exact) mass is 160 g/mol. The summed E-state index contributed by atoms with van der Waals surface area (Å²) in [6.45, 7) is 5.71. The molecule has 0 aromatic heterocycles. The lowest BCUT2D eigenvalue weighted by Crippen LogP contribution is -2.40. The van der Waals surface area contributed by atoms with Gasteiger partial charge in [-0.2, -0.15) is 0 Å². The van der Waals surface area contributed by atoms with Gasteiger partial charge in [0, 0.05) is 6.54 Å². The summed E-state index contributed by atoms with van der Waals surface area (Å²) in [5, 5.41) is 14.6. The van der Waals surface area contributed by atoms with Gasteiger partial charge < -0.3 is 15.7 Å². The quantitative estimate of drug-likeness (QED) is 0.308.